The number of nitrogens with zero attached hydrogens (tertiary/aromatic N) is 2. The van der Waals surface area contributed by atoms with Gasteiger partial charge in [-0.1, -0.05) is 13.8 Å². The lowest BCUT2D eigenvalue weighted by atomic mass is 9.87. The summed E-state index contributed by atoms with van der Waals surface area (Å²) in [5.74, 6) is 0.897. The Kier molecular flexibility index (Phi) is 8.29. The number of aliphatic hydroxyl groups excluding tert-OH is 1. The number of likely N-dealkylation sites (N-methyl/N-ethyl adjacent to an activating group) is 1. The summed E-state index contributed by atoms with van der Waals surface area (Å²) in [5.41, 5.74) is 0. The number of hydrogen-bond acceptors (Lipinski definition) is 4. The van der Waals surface area contributed by atoms with Gasteiger partial charge in [0.2, 0.25) is 0 Å². The average molecular weight is 341 g/mol. The van der Waals surface area contributed by atoms with Crippen LogP contribution in [0.2, 0.25) is 0 Å². The first-order valence-electron chi connectivity index (χ1n) is 9.70. The fourth-order valence-electron chi connectivity index (χ4n) is 3.79. The Labute approximate surface area is 147 Å². The molecule has 1 aliphatic carbocycles. The highest BCUT2D eigenvalue weighted by atomic mass is 16.3. The molecule has 1 aliphatic heterocycles. The fourth-order valence-corrected chi connectivity index (χ4v) is 3.79. The van der Waals surface area contributed by atoms with Crippen LogP contribution in [0, 0.1) is 11.8 Å². The summed E-state index contributed by atoms with van der Waals surface area (Å²) in [5, 5.41) is 15.3. The van der Waals surface area contributed by atoms with E-state index in [0.717, 1.165) is 71.5 Å². The van der Waals surface area contributed by atoms with Crippen molar-refractivity contribution in [3.05, 3.63) is 0 Å². The zero-order valence-corrected chi connectivity index (χ0v) is 15.5. The lowest BCUT2D eigenvalue weighted by Gasteiger charge is -2.35. The van der Waals surface area contributed by atoms with Crippen molar-refractivity contribution < 1.29 is 9.90 Å². The number of rotatable bonds is 7. The molecule has 0 aromatic rings. The van der Waals surface area contributed by atoms with Crippen LogP contribution in [0.1, 0.15) is 39.5 Å². The SMILES string of the molecule is CCN1CCN(CC(C)CNC(=O)NC2CCC(CO)CC2)CC1. The molecule has 2 fully saturated rings. The third-order valence-corrected chi connectivity index (χ3v) is 5.53. The summed E-state index contributed by atoms with van der Waals surface area (Å²) in [6.45, 7) is 12.2. The Balaban J connectivity index is 1.56. The normalized spacial score (nSPS) is 27.6. The van der Waals surface area contributed by atoms with E-state index in [9.17, 15) is 4.79 Å². The molecule has 1 unspecified atom stereocenters. The number of hydrogen-bond donors (Lipinski definition) is 3. The molecule has 1 saturated carbocycles. The van der Waals surface area contributed by atoms with Crippen molar-refractivity contribution in [2.24, 2.45) is 11.8 Å². The molecular formula is C18H36N4O2. The first-order chi connectivity index (χ1) is 11.6. The monoisotopic (exact) mass is 340 g/mol. The molecule has 2 rings (SSSR count). The van der Waals surface area contributed by atoms with Gasteiger partial charge in [0.25, 0.3) is 0 Å². The largest absolute Gasteiger partial charge is 0.396 e. The Bertz CT molecular complexity index is 364. The second-order valence-corrected chi connectivity index (χ2v) is 7.59. The standard InChI is InChI=1S/C18H36N4O2/c1-3-21-8-10-22(11-9-21)13-15(2)12-19-18(24)20-17-6-4-16(14-23)5-7-17/h15-17,23H,3-14H2,1-2H3,(H2,19,20,24). The van der Waals surface area contributed by atoms with Gasteiger partial charge in [-0.2, -0.15) is 0 Å². The number of carbonyl (C=O) groups excluding carboxylic acids is 1. The van der Waals surface area contributed by atoms with Crippen molar-refractivity contribution in [1.29, 1.82) is 0 Å². The van der Waals surface area contributed by atoms with Crippen molar-refractivity contribution in [3.8, 4) is 0 Å². The van der Waals surface area contributed by atoms with Crippen molar-refractivity contribution in [2.75, 3.05) is 52.4 Å². The van der Waals surface area contributed by atoms with Gasteiger partial charge in [0.15, 0.2) is 0 Å². The van der Waals surface area contributed by atoms with Crippen LogP contribution in [-0.4, -0.2) is 79.4 Å². The van der Waals surface area contributed by atoms with Crippen LogP contribution in [0.5, 0.6) is 0 Å². The summed E-state index contributed by atoms with van der Waals surface area (Å²) in [4.78, 5) is 17.0. The second kappa shape index (κ2) is 10.2. The molecule has 1 saturated heterocycles. The highest BCUT2D eigenvalue weighted by molar-refractivity contribution is 5.74. The molecule has 0 radical (unpaired) electrons. The number of aliphatic hydroxyl groups is 1. The van der Waals surface area contributed by atoms with Gasteiger partial charge in [-0.3, -0.25) is 0 Å². The van der Waals surface area contributed by atoms with Crippen molar-refractivity contribution >= 4 is 6.03 Å². The first kappa shape index (κ1) is 19.5. The molecule has 0 aromatic heterocycles. The van der Waals surface area contributed by atoms with Crippen LogP contribution in [0.4, 0.5) is 4.79 Å². The third-order valence-electron chi connectivity index (χ3n) is 5.53. The molecule has 0 aromatic carbocycles. The van der Waals surface area contributed by atoms with Gasteiger partial charge in [0, 0.05) is 51.9 Å². The molecule has 6 nitrogen and oxygen atoms in total. The van der Waals surface area contributed by atoms with Crippen LogP contribution < -0.4 is 10.6 Å². The van der Waals surface area contributed by atoms with E-state index in [1.807, 2.05) is 0 Å². The van der Waals surface area contributed by atoms with E-state index < -0.39 is 0 Å². The molecule has 6 heteroatoms. The van der Waals surface area contributed by atoms with E-state index in [0.29, 0.717) is 11.8 Å². The van der Waals surface area contributed by atoms with E-state index in [-0.39, 0.29) is 18.7 Å². The Morgan fingerprint density at radius 2 is 1.75 bits per heavy atom. The number of nitrogens with one attached hydrogen (secondary N) is 2. The predicted molar refractivity (Wildman–Crippen MR) is 97.1 cm³/mol. The maximum Gasteiger partial charge on any atom is 0.315 e. The molecular weight excluding hydrogens is 304 g/mol. The molecule has 2 amide bonds. The molecule has 24 heavy (non-hydrogen) atoms. The highest BCUT2D eigenvalue weighted by Crippen LogP contribution is 2.23. The van der Waals surface area contributed by atoms with Crippen LogP contribution in [0.25, 0.3) is 0 Å². The number of carbonyl (C=O) groups is 1. The zero-order valence-electron chi connectivity index (χ0n) is 15.5. The molecule has 1 heterocycles. The Morgan fingerprint density at radius 3 is 2.33 bits per heavy atom. The van der Waals surface area contributed by atoms with E-state index in [1.54, 1.807) is 0 Å². The zero-order chi connectivity index (χ0) is 17.4. The van der Waals surface area contributed by atoms with Gasteiger partial charge in [-0.15, -0.1) is 0 Å². The third kappa shape index (κ3) is 6.57. The van der Waals surface area contributed by atoms with E-state index in [4.69, 9.17) is 5.11 Å². The van der Waals surface area contributed by atoms with Crippen LogP contribution in [-0.2, 0) is 0 Å². The maximum absolute atomic E-state index is 12.0. The van der Waals surface area contributed by atoms with E-state index in [1.165, 1.54) is 0 Å². The van der Waals surface area contributed by atoms with Crippen LogP contribution in [0.15, 0.2) is 0 Å². The Hall–Kier alpha value is -0.850. The lowest BCUT2D eigenvalue weighted by molar-refractivity contribution is 0.124. The topological polar surface area (TPSA) is 67.8 Å². The number of piperazine rings is 1. The van der Waals surface area contributed by atoms with Crippen molar-refractivity contribution in [2.45, 2.75) is 45.6 Å². The number of amides is 2. The minimum Gasteiger partial charge on any atom is -0.396 e. The molecule has 140 valence electrons. The predicted octanol–water partition coefficient (Wildman–Crippen LogP) is 1.11. The van der Waals surface area contributed by atoms with Gasteiger partial charge >= 0.3 is 6.03 Å². The molecule has 2 aliphatic rings. The fraction of sp³-hybridized carbons (Fsp3) is 0.944. The quantitative estimate of drug-likeness (QED) is 0.649. The maximum atomic E-state index is 12.0. The van der Waals surface area contributed by atoms with Gasteiger partial charge in [-0.05, 0) is 44.1 Å². The summed E-state index contributed by atoms with van der Waals surface area (Å²) in [7, 11) is 0. The van der Waals surface area contributed by atoms with Crippen molar-refractivity contribution in [3.63, 3.8) is 0 Å². The van der Waals surface area contributed by atoms with Crippen LogP contribution in [0.3, 0.4) is 0 Å². The molecule has 3 N–H and O–H groups in total. The number of urea groups is 1. The summed E-state index contributed by atoms with van der Waals surface area (Å²) in [6.07, 6.45) is 4.00. The summed E-state index contributed by atoms with van der Waals surface area (Å²) in [6, 6.07) is 0.232. The lowest BCUT2D eigenvalue weighted by Crippen LogP contribution is -2.49. The highest BCUT2D eigenvalue weighted by Gasteiger charge is 2.22. The van der Waals surface area contributed by atoms with Gasteiger partial charge in [0.05, 0.1) is 0 Å². The minimum atomic E-state index is -0.0369. The molecule has 1 atom stereocenters. The van der Waals surface area contributed by atoms with E-state index in [2.05, 4.69) is 34.3 Å². The summed E-state index contributed by atoms with van der Waals surface area (Å²) < 4.78 is 0. The first-order valence-corrected chi connectivity index (χ1v) is 9.70. The van der Waals surface area contributed by atoms with Gasteiger partial charge in [-0.25, -0.2) is 4.79 Å². The van der Waals surface area contributed by atoms with Crippen LogP contribution >= 0.6 is 0 Å². The average Bonchev–Trinajstić information content (AvgIpc) is 2.61. The minimum absolute atomic E-state index is 0.0369. The Morgan fingerprint density at radius 1 is 1.12 bits per heavy atom. The van der Waals surface area contributed by atoms with Gasteiger partial charge < -0.3 is 25.5 Å². The van der Waals surface area contributed by atoms with Gasteiger partial charge in [0.1, 0.15) is 0 Å². The summed E-state index contributed by atoms with van der Waals surface area (Å²) >= 11 is 0. The molecule has 0 spiro atoms. The smallest absolute Gasteiger partial charge is 0.315 e. The second-order valence-electron chi connectivity index (χ2n) is 7.59. The molecule has 0 bridgehead atoms. The van der Waals surface area contributed by atoms with Crippen molar-refractivity contribution in [1.82, 2.24) is 20.4 Å². The van der Waals surface area contributed by atoms with E-state index >= 15 is 0 Å².